The third kappa shape index (κ3) is 3.38. The first-order chi connectivity index (χ1) is 5.08. The molecule has 0 unspecified atom stereocenters. The highest BCUT2D eigenvalue weighted by atomic mass is 16.3. The molecule has 0 amide bonds. The minimum Gasteiger partial charge on any atom is -0.390 e. The molecule has 0 spiro atoms. The highest BCUT2D eigenvalue weighted by Crippen LogP contribution is 2.20. The molecule has 0 aromatic carbocycles. The van der Waals surface area contributed by atoms with Gasteiger partial charge in [0.15, 0.2) is 0 Å². The van der Waals surface area contributed by atoms with Gasteiger partial charge in [0, 0.05) is 0 Å². The van der Waals surface area contributed by atoms with E-state index in [1.165, 1.54) is 0 Å². The van der Waals surface area contributed by atoms with Gasteiger partial charge < -0.3 is 5.11 Å². The lowest BCUT2D eigenvalue weighted by Gasteiger charge is -2.17. The standard InChI is InChI=1S/C10H16O/c1-10(2,11)8-7-9-5-3-4-6-9/h3-6,9,11H,7-8H2,1-2H3. The molecule has 11 heavy (non-hydrogen) atoms. The molecule has 1 rings (SSSR count). The third-order valence-electron chi connectivity index (χ3n) is 1.92. The van der Waals surface area contributed by atoms with Crippen LogP contribution in [0.4, 0.5) is 0 Å². The molecule has 0 aliphatic heterocycles. The molecule has 0 aromatic heterocycles. The minimum absolute atomic E-state index is 0.510. The smallest absolute Gasteiger partial charge is 0.0592 e. The molecule has 1 nitrogen and oxygen atoms in total. The molecule has 62 valence electrons. The molecule has 0 radical (unpaired) electrons. The summed E-state index contributed by atoms with van der Waals surface area (Å²) in [4.78, 5) is 0. The summed E-state index contributed by atoms with van der Waals surface area (Å²) in [6.07, 6.45) is 10.4. The van der Waals surface area contributed by atoms with E-state index in [0.29, 0.717) is 5.92 Å². The molecule has 1 N–H and O–H groups in total. The molecule has 1 aliphatic carbocycles. The molecule has 0 atom stereocenters. The number of allylic oxidation sites excluding steroid dienone is 4. The fraction of sp³-hybridized carbons (Fsp3) is 0.600. The van der Waals surface area contributed by atoms with Gasteiger partial charge >= 0.3 is 0 Å². The molecular weight excluding hydrogens is 136 g/mol. The highest BCUT2D eigenvalue weighted by Gasteiger charge is 2.14. The molecule has 0 bridgehead atoms. The van der Waals surface area contributed by atoms with Crippen LogP contribution in [-0.4, -0.2) is 10.7 Å². The predicted molar refractivity (Wildman–Crippen MR) is 47.3 cm³/mol. The average molecular weight is 152 g/mol. The first-order valence-corrected chi connectivity index (χ1v) is 4.15. The maximum Gasteiger partial charge on any atom is 0.0592 e. The minimum atomic E-state index is -0.510. The Morgan fingerprint density at radius 2 is 1.82 bits per heavy atom. The normalized spacial score (nSPS) is 18.1. The SMILES string of the molecule is CC(C)(O)CCC1C=CC=C1. The number of aliphatic hydroxyl groups is 1. The van der Waals surface area contributed by atoms with E-state index in [9.17, 15) is 5.11 Å². The maximum atomic E-state index is 9.43. The Morgan fingerprint density at radius 1 is 1.27 bits per heavy atom. The molecule has 0 heterocycles. The molecule has 0 fully saturated rings. The van der Waals surface area contributed by atoms with Crippen molar-refractivity contribution in [3.8, 4) is 0 Å². The van der Waals surface area contributed by atoms with Crippen molar-refractivity contribution in [2.45, 2.75) is 32.3 Å². The van der Waals surface area contributed by atoms with Gasteiger partial charge in [0.1, 0.15) is 0 Å². The molecule has 0 saturated carbocycles. The van der Waals surface area contributed by atoms with Crippen LogP contribution < -0.4 is 0 Å². The van der Waals surface area contributed by atoms with Crippen molar-refractivity contribution in [2.24, 2.45) is 5.92 Å². The van der Waals surface area contributed by atoms with Gasteiger partial charge in [-0.2, -0.15) is 0 Å². The highest BCUT2D eigenvalue weighted by molar-refractivity contribution is 5.17. The summed E-state index contributed by atoms with van der Waals surface area (Å²) in [5, 5.41) is 9.43. The van der Waals surface area contributed by atoms with E-state index in [-0.39, 0.29) is 0 Å². The topological polar surface area (TPSA) is 20.2 Å². The van der Waals surface area contributed by atoms with Gasteiger partial charge in [0.2, 0.25) is 0 Å². The van der Waals surface area contributed by atoms with Crippen LogP contribution >= 0.6 is 0 Å². The second-order valence-electron chi connectivity index (χ2n) is 3.78. The van der Waals surface area contributed by atoms with E-state index in [1.807, 2.05) is 13.8 Å². The van der Waals surface area contributed by atoms with Gasteiger partial charge in [-0.1, -0.05) is 24.3 Å². The van der Waals surface area contributed by atoms with Crippen LogP contribution in [-0.2, 0) is 0 Å². The van der Waals surface area contributed by atoms with Crippen LogP contribution in [0.5, 0.6) is 0 Å². The van der Waals surface area contributed by atoms with Gasteiger partial charge in [-0.3, -0.25) is 0 Å². The fourth-order valence-corrected chi connectivity index (χ4v) is 1.19. The summed E-state index contributed by atoms with van der Waals surface area (Å²) in [6, 6.07) is 0. The quantitative estimate of drug-likeness (QED) is 0.657. The first-order valence-electron chi connectivity index (χ1n) is 4.15. The van der Waals surface area contributed by atoms with E-state index in [0.717, 1.165) is 12.8 Å². The Morgan fingerprint density at radius 3 is 2.27 bits per heavy atom. The van der Waals surface area contributed by atoms with Crippen molar-refractivity contribution < 1.29 is 5.11 Å². The second-order valence-corrected chi connectivity index (χ2v) is 3.78. The number of hydrogen-bond donors (Lipinski definition) is 1. The van der Waals surface area contributed by atoms with Crippen LogP contribution in [0.15, 0.2) is 24.3 Å². The predicted octanol–water partition coefficient (Wildman–Crippen LogP) is 2.28. The maximum absolute atomic E-state index is 9.43. The Balaban J connectivity index is 2.23. The fourth-order valence-electron chi connectivity index (χ4n) is 1.19. The van der Waals surface area contributed by atoms with E-state index in [1.54, 1.807) is 0 Å². The summed E-state index contributed by atoms with van der Waals surface area (Å²) in [5.41, 5.74) is -0.510. The largest absolute Gasteiger partial charge is 0.390 e. The zero-order valence-corrected chi connectivity index (χ0v) is 7.25. The van der Waals surface area contributed by atoms with Gasteiger partial charge in [-0.15, -0.1) is 0 Å². The van der Waals surface area contributed by atoms with Gasteiger partial charge in [-0.25, -0.2) is 0 Å². The first kappa shape index (κ1) is 8.54. The van der Waals surface area contributed by atoms with E-state index < -0.39 is 5.60 Å². The average Bonchev–Trinajstić information content (AvgIpc) is 2.32. The van der Waals surface area contributed by atoms with Crippen molar-refractivity contribution in [1.29, 1.82) is 0 Å². The monoisotopic (exact) mass is 152 g/mol. The summed E-state index contributed by atoms with van der Waals surface area (Å²) < 4.78 is 0. The Hall–Kier alpha value is -0.560. The molecular formula is C10H16O. The van der Waals surface area contributed by atoms with Gasteiger partial charge in [0.05, 0.1) is 5.60 Å². The Labute approximate surface area is 68.4 Å². The van der Waals surface area contributed by atoms with Crippen LogP contribution in [0.25, 0.3) is 0 Å². The zero-order chi connectivity index (χ0) is 8.32. The second kappa shape index (κ2) is 3.22. The van der Waals surface area contributed by atoms with Crippen LogP contribution in [0.3, 0.4) is 0 Å². The van der Waals surface area contributed by atoms with Crippen LogP contribution in [0.2, 0.25) is 0 Å². The lowest BCUT2D eigenvalue weighted by atomic mass is 9.96. The van der Waals surface area contributed by atoms with Crippen LogP contribution in [0, 0.1) is 5.92 Å². The van der Waals surface area contributed by atoms with Gasteiger partial charge in [-0.05, 0) is 32.6 Å². The summed E-state index contributed by atoms with van der Waals surface area (Å²) in [6.45, 7) is 3.71. The van der Waals surface area contributed by atoms with Crippen molar-refractivity contribution in [3.63, 3.8) is 0 Å². The molecule has 1 aliphatic rings. The molecule has 1 heteroatoms. The summed E-state index contributed by atoms with van der Waals surface area (Å²) >= 11 is 0. The number of rotatable bonds is 3. The lowest BCUT2D eigenvalue weighted by Crippen LogP contribution is -2.18. The molecule has 0 saturated heterocycles. The van der Waals surface area contributed by atoms with Crippen molar-refractivity contribution in [3.05, 3.63) is 24.3 Å². The third-order valence-corrected chi connectivity index (χ3v) is 1.92. The summed E-state index contributed by atoms with van der Waals surface area (Å²) in [5.74, 6) is 0.557. The van der Waals surface area contributed by atoms with Crippen molar-refractivity contribution in [2.75, 3.05) is 0 Å². The number of hydrogen-bond acceptors (Lipinski definition) is 1. The zero-order valence-electron chi connectivity index (χ0n) is 7.25. The summed E-state index contributed by atoms with van der Waals surface area (Å²) in [7, 11) is 0. The lowest BCUT2D eigenvalue weighted by molar-refractivity contribution is 0.0670. The Kier molecular flexibility index (Phi) is 2.50. The van der Waals surface area contributed by atoms with Crippen molar-refractivity contribution >= 4 is 0 Å². The van der Waals surface area contributed by atoms with Crippen LogP contribution in [0.1, 0.15) is 26.7 Å². The van der Waals surface area contributed by atoms with Crippen molar-refractivity contribution in [1.82, 2.24) is 0 Å². The Bertz CT molecular complexity index is 160. The van der Waals surface area contributed by atoms with E-state index in [2.05, 4.69) is 24.3 Å². The van der Waals surface area contributed by atoms with Gasteiger partial charge in [0.25, 0.3) is 0 Å². The molecule has 0 aromatic rings. The van der Waals surface area contributed by atoms with E-state index in [4.69, 9.17) is 0 Å². The van der Waals surface area contributed by atoms with E-state index >= 15 is 0 Å².